The quantitative estimate of drug-likeness (QED) is 0.816. The summed E-state index contributed by atoms with van der Waals surface area (Å²) < 4.78 is 0. The lowest BCUT2D eigenvalue weighted by atomic mass is 9.94. The highest BCUT2D eigenvalue weighted by Gasteiger charge is 2.30. The number of aliphatic hydroxyl groups is 1. The summed E-state index contributed by atoms with van der Waals surface area (Å²) in [5.74, 6) is -0.194. The fourth-order valence-electron chi connectivity index (χ4n) is 3.79. The van der Waals surface area contributed by atoms with Crippen LogP contribution >= 0.6 is 11.8 Å². The summed E-state index contributed by atoms with van der Waals surface area (Å²) >= 11 is 1.42. The largest absolute Gasteiger partial charge is 0.395 e. The Kier molecular flexibility index (Phi) is 5.55. The van der Waals surface area contributed by atoms with Crippen molar-refractivity contribution in [2.24, 2.45) is 4.99 Å². The van der Waals surface area contributed by atoms with E-state index in [4.69, 9.17) is 0 Å². The summed E-state index contributed by atoms with van der Waals surface area (Å²) in [5.41, 5.74) is 1.91. The summed E-state index contributed by atoms with van der Waals surface area (Å²) in [7, 11) is 0. The van der Waals surface area contributed by atoms with E-state index in [2.05, 4.69) is 14.9 Å². The van der Waals surface area contributed by atoms with E-state index in [0.29, 0.717) is 17.5 Å². The summed E-state index contributed by atoms with van der Waals surface area (Å²) in [5, 5.41) is 11.3. The molecule has 2 aliphatic rings. The highest BCUT2D eigenvalue weighted by Crippen LogP contribution is 2.33. The van der Waals surface area contributed by atoms with Crippen molar-refractivity contribution in [3.05, 3.63) is 47.0 Å². The molecule has 1 aliphatic heterocycles. The number of nitrogens with zero attached hydrogens (tertiary/aromatic N) is 3. The molecule has 1 aromatic carbocycles. The first-order chi connectivity index (χ1) is 13.2. The number of fused-ring (bicyclic) bond motifs is 1. The molecule has 0 atom stereocenters. The number of pyridine rings is 1. The number of amidine groups is 1. The maximum absolute atomic E-state index is 12.5. The zero-order valence-electron chi connectivity index (χ0n) is 15.2. The second-order valence-electron chi connectivity index (χ2n) is 6.97. The topological polar surface area (TPSA) is 65.8 Å². The number of thioether (sulfide) groups is 1. The highest BCUT2D eigenvalue weighted by molar-refractivity contribution is 8.18. The Morgan fingerprint density at radius 1 is 1.22 bits per heavy atom. The minimum Gasteiger partial charge on any atom is -0.395 e. The zero-order chi connectivity index (χ0) is 18.6. The van der Waals surface area contributed by atoms with E-state index in [1.165, 1.54) is 31.0 Å². The molecule has 1 N–H and O–H groups in total. The summed E-state index contributed by atoms with van der Waals surface area (Å²) in [4.78, 5) is 23.9. The van der Waals surface area contributed by atoms with Crippen LogP contribution in [-0.4, -0.2) is 45.3 Å². The van der Waals surface area contributed by atoms with Gasteiger partial charge in [0.15, 0.2) is 5.17 Å². The fourth-order valence-corrected chi connectivity index (χ4v) is 4.80. The highest BCUT2D eigenvalue weighted by atomic mass is 32.2. The summed E-state index contributed by atoms with van der Waals surface area (Å²) in [6, 6.07) is 10.3. The molecule has 4 rings (SSSR count). The Hall–Kier alpha value is -2.18. The van der Waals surface area contributed by atoms with Crippen LogP contribution in [0.5, 0.6) is 0 Å². The van der Waals surface area contributed by atoms with Crippen molar-refractivity contribution in [3.8, 4) is 0 Å². The number of hydrogen-bond acceptors (Lipinski definition) is 5. The van der Waals surface area contributed by atoms with Gasteiger partial charge in [-0.05, 0) is 54.4 Å². The Morgan fingerprint density at radius 2 is 2.07 bits per heavy atom. The van der Waals surface area contributed by atoms with Gasteiger partial charge in [-0.3, -0.25) is 9.78 Å². The number of hydrogen-bond donors (Lipinski definition) is 1. The van der Waals surface area contributed by atoms with Crippen LogP contribution in [0.25, 0.3) is 17.0 Å². The molecule has 0 saturated heterocycles. The molecule has 1 fully saturated rings. The number of aromatic nitrogens is 1. The lowest BCUT2D eigenvalue weighted by Gasteiger charge is -2.34. The molecule has 6 heteroatoms. The Labute approximate surface area is 163 Å². The van der Waals surface area contributed by atoms with E-state index in [-0.39, 0.29) is 12.5 Å². The van der Waals surface area contributed by atoms with E-state index in [0.717, 1.165) is 34.5 Å². The van der Waals surface area contributed by atoms with Crippen molar-refractivity contribution >= 4 is 39.8 Å². The molecule has 1 saturated carbocycles. The minimum atomic E-state index is -0.194. The van der Waals surface area contributed by atoms with Crippen molar-refractivity contribution in [1.29, 1.82) is 0 Å². The molecular formula is C21H23N3O2S. The van der Waals surface area contributed by atoms with Gasteiger partial charge in [0, 0.05) is 24.2 Å². The third kappa shape index (κ3) is 4.06. The maximum atomic E-state index is 12.5. The third-order valence-electron chi connectivity index (χ3n) is 5.14. The van der Waals surface area contributed by atoms with Gasteiger partial charge < -0.3 is 10.0 Å². The molecule has 0 bridgehead atoms. The van der Waals surface area contributed by atoms with Crippen LogP contribution < -0.4 is 0 Å². The predicted octanol–water partition coefficient (Wildman–Crippen LogP) is 3.83. The van der Waals surface area contributed by atoms with Gasteiger partial charge in [0.2, 0.25) is 0 Å². The number of carbonyl (C=O) groups is 1. The predicted molar refractivity (Wildman–Crippen MR) is 110 cm³/mol. The molecule has 0 spiro atoms. The van der Waals surface area contributed by atoms with Crippen LogP contribution in [0.4, 0.5) is 0 Å². The van der Waals surface area contributed by atoms with Gasteiger partial charge >= 0.3 is 0 Å². The Bertz CT molecular complexity index is 903. The lowest BCUT2D eigenvalue weighted by Crippen LogP contribution is -2.41. The smallest absolute Gasteiger partial charge is 0.286 e. The lowest BCUT2D eigenvalue weighted by molar-refractivity contribution is -0.113. The van der Waals surface area contributed by atoms with E-state index >= 15 is 0 Å². The van der Waals surface area contributed by atoms with Crippen LogP contribution in [-0.2, 0) is 4.79 Å². The minimum absolute atomic E-state index is 0.0704. The first-order valence-electron chi connectivity index (χ1n) is 9.49. The first-order valence-corrected chi connectivity index (χ1v) is 10.3. The number of carbonyl (C=O) groups excluding carboxylic acids is 1. The number of aliphatic imine (C=N–C) groups is 1. The van der Waals surface area contributed by atoms with Crippen LogP contribution in [0, 0.1) is 0 Å². The molecule has 1 aliphatic carbocycles. The van der Waals surface area contributed by atoms with Gasteiger partial charge in [-0.15, -0.1) is 0 Å². The maximum Gasteiger partial charge on any atom is 0.286 e. The van der Waals surface area contributed by atoms with E-state index in [9.17, 15) is 9.90 Å². The van der Waals surface area contributed by atoms with E-state index in [1.54, 1.807) is 6.20 Å². The number of benzene rings is 1. The molecule has 2 heterocycles. The van der Waals surface area contributed by atoms with Crippen molar-refractivity contribution < 1.29 is 9.90 Å². The second-order valence-corrected chi connectivity index (χ2v) is 7.98. The summed E-state index contributed by atoms with van der Waals surface area (Å²) in [6.07, 6.45) is 9.55. The van der Waals surface area contributed by atoms with Crippen molar-refractivity contribution in [2.75, 3.05) is 13.2 Å². The Morgan fingerprint density at radius 3 is 2.89 bits per heavy atom. The van der Waals surface area contributed by atoms with Gasteiger partial charge in [0.25, 0.3) is 5.91 Å². The molecule has 2 aromatic rings. The first kappa shape index (κ1) is 18.2. The zero-order valence-corrected chi connectivity index (χ0v) is 16.0. The summed E-state index contributed by atoms with van der Waals surface area (Å²) in [6.45, 7) is 0.597. The average Bonchev–Trinajstić information content (AvgIpc) is 3.06. The van der Waals surface area contributed by atoms with Crippen LogP contribution in [0.3, 0.4) is 0 Å². The number of rotatable bonds is 4. The Balaban J connectivity index is 1.55. The monoisotopic (exact) mass is 381 g/mol. The molecule has 27 heavy (non-hydrogen) atoms. The second kappa shape index (κ2) is 8.23. The van der Waals surface area contributed by atoms with Crippen LogP contribution in [0.1, 0.15) is 37.7 Å². The number of amides is 1. The van der Waals surface area contributed by atoms with Gasteiger partial charge in [-0.1, -0.05) is 31.4 Å². The van der Waals surface area contributed by atoms with E-state index in [1.807, 2.05) is 36.4 Å². The van der Waals surface area contributed by atoms with Crippen molar-refractivity contribution in [3.63, 3.8) is 0 Å². The number of aliphatic hydroxyl groups excluding tert-OH is 1. The molecule has 0 unspecified atom stereocenters. The third-order valence-corrected chi connectivity index (χ3v) is 6.16. The van der Waals surface area contributed by atoms with Gasteiger partial charge in [-0.2, -0.15) is 4.99 Å². The van der Waals surface area contributed by atoms with E-state index < -0.39 is 0 Å². The van der Waals surface area contributed by atoms with Crippen LogP contribution in [0.15, 0.2) is 46.4 Å². The standard InChI is InChI=1S/C21H23N3O2S/c25-12-11-24(17-6-2-1-3-7-17)21-23-20(26)19(27-21)14-15-8-9-18-16(13-15)5-4-10-22-18/h4-5,8-10,13-14,17,25H,1-3,6-7,11-12H2/b19-14-. The molecule has 1 aromatic heterocycles. The van der Waals surface area contributed by atoms with Gasteiger partial charge in [0.05, 0.1) is 17.0 Å². The molecule has 140 valence electrons. The molecule has 5 nitrogen and oxygen atoms in total. The van der Waals surface area contributed by atoms with Crippen molar-refractivity contribution in [1.82, 2.24) is 9.88 Å². The van der Waals surface area contributed by atoms with Gasteiger partial charge in [-0.25, -0.2) is 0 Å². The average molecular weight is 382 g/mol. The van der Waals surface area contributed by atoms with Gasteiger partial charge in [0.1, 0.15) is 0 Å². The normalized spacial score (nSPS) is 19.7. The molecule has 1 amide bonds. The van der Waals surface area contributed by atoms with Crippen LogP contribution in [0.2, 0.25) is 0 Å². The fraction of sp³-hybridized carbons (Fsp3) is 0.381. The molecular weight excluding hydrogens is 358 g/mol. The molecule has 0 radical (unpaired) electrons. The SMILES string of the molecule is O=C1N=C(N(CCO)C2CCCCC2)S/C1=C\c1ccc2ncccc2c1. The van der Waals surface area contributed by atoms with Crippen molar-refractivity contribution in [2.45, 2.75) is 38.1 Å².